The lowest BCUT2D eigenvalue weighted by atomic mass is 10.1. The zero-order valence-electron chi connectivity index (χ0n) is 7.15. The van der Waals surface area contributed by atoms with Gasteiger partial charge in [-0.1, -0.05) is 0 Å². The van der Waals surface area contributed by atoms with Gasteiger partial charge in [0.2, 0.25) is 0 Å². The van der Waals surface area contributed by atoms with Gasteiger partial charge in [-0.25, -0.2) is 4.39 Å². The van der Waals surface area contributed by atoms with E-state index in [0.717, 1.165) is 25.6 Å². The molecule has 0 radical (unpaired) electrons. The van der Waals surface area contributed by atoms with E-state index in [1.807, 2.05) is 7.05 Å². The summed E-state index contributed by atoms with van der Waals surface area (Å²) in [5, 5.41) is 3.30. The minimum atomic E-state index is -0.226. The van der Waals surface area contributed by atoms with Crippen molar-refractivity contribution in [1.29, 1.82) is 0 Å². The van der Waals surface area contributed by atoms with Crippen molar-refractivity contribution < 1.29 is 4.39 Å². The number of halogens is 1. The highest BCUT2D eigenvalue weighted by Gasteiger charge is 2.15. The Morgan fingerprint density at radius 1 is 1.64 bits per heavy atom. The molecule has 0 aromatic heterocycles. The van der Waals surface area contributed by atoms with E-state index in [0.29, 0.717) is 6.54 Å². The molecule has 1 unspecified atom stereocenters. The summed E-state index contributed by atoms with van der Waals surface area (Å²) in [6.07, 6.45) is 1.25. The number of nitrogens with zero attached hydrogens (tertiary/aromatic N) is 1. The standard InChI is InChI=1S/C8H17FN2/c1-11(5-3-9)7-8-2-4-10-6-8/h8,10H,2-7H2,1H3. The molecule has 1 fully saturated rings. The summed E-state index contributed by atoms with van der Waals surface area (Å²) in [6.45, 7) is 3.63. The molecule has 1 rings (SSSR count). The lowest BCUT2D eigenvalue weighted by Gasteiger charge is -2.18. The number of hydrogen-bond donors (Lipinski definition) is 1. The highest BCUT2D eigenvalue weighted by Crippen LogP contribution is 2.08. The lowest BCUT2D eigenvalue weighted by Crippen LogP contribution is -2.28. The topological polar surface area (TPSA) is 15.3 Å². The molecule has 1 N–H and O–H groups in total. The van der Waals surface area contributed by atoms with E-state index < -0.39 is 0 Å². The maximum atomic E-state index is 11.9. The average Bonchev–Trinajstić information content (AvgIpc) is 2.40. The fraction of sp³-hybridized carbons (Fsp3) is 1.00. The second-order valence-corrected chi connectivity index (χ2v) is 3.31. The quantitative estimate of drug-likeness (QED) is 0.644. The normalized spacial score (nSPS) is 24.8. The first kappa shape index (κ1) is 8.94. The minimum absolute atomic E-state index is 0.226. The Morgan fingerprint density at radius 2 is 2.45 bits per heavy atom. The molecule has 1 atom stereocenters. The molecule has 0 amide bonds. The van der Waals surface area contributed by atoms with Gasteiger partial charge >= 0.3 is 0 Å². The summed E-state index contributed by atoms with van der Waals surface area (Å²) in [6, 6.07) is 0. The zero-order valence-corrected chi connectivity index (χ0v) is 7.15. The third-order valence-electron chi connectivity index (χ3n) is 2.20. The maximum Gasteiger partial charge on any atom is 0.102 e. The second-order valence-electron chi connectivity index (χ2n) is 3.31. The Bertz CT molecular complexity index is 102. The van der Waals surface area contributed by atoms with Crippen LogP contribution in [0.25, 0.3) is 0 Å². The van der Waals surface area contributed by atoms with Crippen LogP contribution in [-0.4, -0.2) is 44.8 Å². The Balaban J connectivity index is 2.08. The van der Waals surface area contributed by atoms with Gasteiger partial charge in [0.05, 0.1) is 0 Å². The predicted molar refractivity (Wildman–Crippen MR) is 44.4 cm³/mol. The van der Waals surface area contributed by atoms with Crippen LogP contribution in [0.15, 0.2) is 0 Å². The molecule has 1 aliphatic rings. The van der Waals surface area contributed by atoms with Crippen molar-refractivity contribution in [2.24, 2.45) is 5.92 Å². The van der Waals surface area contributed by atoms with Gasteiger partial charge in [-0.15, -0.1) is 0 Å². The van der Waals surface area contributed by atoms with Crippen LogP contribution in [0.4, 0.5) is 4.39 Å². The zero-order chi connectivity index (χ0) is 8.10. The molecule has 1 heterocycles. The van der Waals surface area contributed by atoms with Crippen molar-refractivity contribution in [2.75, 3.05) is 39.9 Å². The molecule has 0 spiro atoms. The van der Waals surface area contributed by atoms with Gasteiger partial charge in [0, 0.05) is 13.1 Å². The summed E-state index contributed by atoms with van der Waals surface area (Å²) in [5.74, 6) is 0.742. The van der Waals surface area contributed by atoms with Crippen molar-refractivity contribution in [3.8, 4) is 0 Å². The Kier molecular flexibility index (Phi) is 3.80. The van der Waals surface area contributed by atoms with Crippen LogP contribution in [0, 0.1) is 5.92 Å². The second kappa shape index (κ2) is 4.67. The van der Waals surface area contributed by atoms with Crippen molar-refractivity contribution in [3.05, 3.63) is 0 Å². The van der Waals surface area contributed by atoms with Gasteiger partial charge in [-0.05, 0) is 32.5 Å². The van der Waals surface area contributed by atoms with Gasteiger partial charge in [-0.2, -0.15) is 0 Å². The first-order valence-electron chi connectivity index (χ1n) is 4.28. The Hall–Kier alpha value is -0.150. The number of rotatable bonds is 4. The summed E-state index contributed by atoms with van der Waals surface area (Å²) < 4.78 is 11.9. The molecule has 0 aromatic rings. The SMILES string of the molecule is CN(CCF)CC1CCNC1. The van der Waals surface area contributed by atoms with Gasteiger partial charge in [0.25, 0.3) is 0 Å². The highest BCUT2D eigenvalue weighted by atomic mass is 19.1. The van der Waals surface area contributed by atoms with Crippen molar-refractivity contribution in [2.45, 2.75) is 6.42 Å². The minimum Gasteiger partial charge on any atom is -0.316 e. The van der Waals surface area contributed by atoms with Gasteiger partial charge in [-0.3, -0.25) is 0 Å². The molecule has 1 saturated heterocycles. The molecule has 0 aliphatic carbocycles. The number of nitrogens with one attached hydrogen (secondary N) is 1. The van der Waals surface area contributed by atoms with Crippen LogP contribution in [0.2, 0.25) is 0 Å². The molecule has 2 nitrogen and oxygen atoms in total. The predicted octanol–water partition coefficient (Wildman–Crippen LogP) is 0.497. The van der Waals surface area contributed by atoms with E-state index in [1.54, 1.807) is 0 Å². The molecule has 0 aromatic carbocycles. The highest BCUT2D eigenvalue weighted by molar-refractivity contribution is 4.73. The lowest BCUT2D eigenvalue weighted by molar-refractivity contribution is 0.260. The van der Waals surface area contributed by atoms with Crippen LogP contribution in [0.5, 0.6) is 0 Å². The van der Waals surface area contributed by atoms with E-state index in [4.69, 9.17) is 0 Å². The molecule has 66 valence electrons. The third kappa shape index (κ3) is 3.16. The largest absolute Gasteiger partial charge is 0.316 e. The van der Waals surface area contributed by atoms with Crippen molar-refractivity contribution in [1.82, 2.24) is 10.2 Å². The third-order valence-corrected chi connectivity index (χ3v) is 2.20. The van der Waals surface area contributed by atoms with Crippen LogP contribution in [-0.2, 0) is 0 Å². The van der Waals surface area contributed by atoms with Crippen LogP contribution < -0.4 is 5.32 Å². The van der Waals surface area contributed by atoms with Crippen LogP contribution in [0.1, 0.15) is 6.42 Å². The summed E-state index contributed by atoms with van der Waals surface area (Å²) in [4.78, 5) is 2.07. The van der Waals surface area contributed by atoms with Crippen molar-refractivity contribution in [3.63, 3.8) is 0 Å². The first-order chi connectivity index (χ1) is 5.33. The monoisotopic (exact) mass is 160 g/mol. The van der Waals surface area contributed by atoms with E-state index >= 15 is 0 Å². The van der Waals surface area contributed by atoms with Crippen LogP contribution in [0.3, 0.4) is 0 Å². The summed E-state index contributed by atoms with van der Waals surface area (Å²) >= 11 is 0. The van der Waals surface area contributed by atoms with E-state index in [9.17, 15) is 4.39 Å². The molecule has 11 heavy (non-hydrogen) atoms. The first-order valence-corrected chi connectivity index (χ1v) is 4.28. The van der Waals surface area contributed by atoms with E-state index in [-0.39, 0.29) is 6.67 Å². The molecule has 0 bridgehead atoms. The molecule has 0 saturated carbocycles. The molecule has 3 heteroatoms. The van der Waals surface area contributed by atoms with E-state index in [1.165, 1.54) is 6.42 Å². The number of hydrogen-bond acceptors (Lipinski definition) is 2. The Morgan fingerprint density at radius 3 is 3.00 bits per heavy atom. The van der Waals surface area contributed by atoms with Crippen molar-refractivity contribution >= 4 is 0 Å². The van der Waals surface area contributed by atoms with Gasteiger partial charge < -0.3 is 10.2 Å². The molecule has 1 aliphatic heterocycles. The fourth-order valence-corrected chi connectivity index (χ4v) is 1.55. The summed E-state index contributed by atoms with van der Waals surface area (Å²) in [5.41, 5.74) is 0. The van der Waals surface area contributed by atoms with Gasteiger partial charge in [0.1, 0.15) is 6.67 Å². The maximum absolute atomic E-state index is 11.9. The molecular weight excluding hydrogens is 143 g/mol. The average molecular weight is 160 g/mol. The van der Waals surface area contributed by atoms with Gasteiger partial charge in [0.15, 0.2) is 0 Å². The number of alkyl halides is 1. The molecular formula is C8H17FN2. The fourth-order valence-electron chi connectivity index (χ4n) is 1.55. The van der Waals surface area contributed by atoms with E-state index in [2.05, 4.69) is 10.2 Å². The smallest absolute Gasteiger partial charge is 0.102 e. The Labute approximate surface area is 67.8 Å². The van der Waals surface area contributed by atoms with Crippen LogP contribution >= 0.6 is 0 Å². The summed E-state index contributed by atoms with van der Waals surface area (Å²) in [7, 11) is 1.98.